The molecule has 0 heterocycles. The van der Waals surface area contributed by atoms with Gasteiger partial charge in [0.2, 0.25) is 0 Å². The van der Waals surface area contributed by atoms with Crippen LogP contribution in [0.2, 0.25) is 0 Å². The number of quaternary nitrogens is 1. The molecule has 0 spiro atoms. The predicted octanol–water partition coefficient (Wildman–Crippen LogP) is 3.14. The number of aliphatic hydroxyl groups excluding tert-OH is 1. The summed E-state index contributed by atoms with van der Waals surface area (Å²) in [5.74, 6) is 0. The monoisotopic (exact) mass is 437 g/mol. The van der Waals surface area contributed by atoms with Crippen molar-refractivity contribution in [2.45, 2.75) is 13.0 Å². The van der Waals surface area contributed by atoms with Crippen molar-refractivity contribution in [2.24, 2.45) is 0 Å². The Kier molecular flexibility index (Phi) is 8.27. The number of aliphatic hydroxyl groups is 1. The molecule has 0 amide bonds. The highest BCUT2D eigenvalue weighted by molar-refractivity contribution is 7.19. The second-order valence-electron chi connectivity index (χ2n) is 9.83. The molecular weight excluding hydrogens is 401 g/mol. The van der Waals surface area contributed by atoms with Crippen molar-refractivity contribution < 1.29 is 9.59 Å². The van der Waals surface area contributed by atoms with Crippen LogP contribution in [-0.2, 0) is 0 Å². The second kappa shape index (κ2) is 11.1. The van der Waals surface area contributed by atoms with Crippen molar-refractivity contribution in [3.8, 4) is 0 Å². The second-order valence-corrected chi connectivity index (χ2v) is 9.83. The molecule has 33 heavy (non-hydrogen) atoms. The van der Waals surface area contributed by atoms with Crippen LogP contribution in [0.4, 0.5) is 0 Å². The van der Waals surface area contributed by atoms with Gasteiger partial charge in [0.25, 0.3) is 0 Å². The van der Waals surface area contributed by atoms with Crippen molar-refractivity contribution in [3.05, 3.63) is 121 Å². The summed E-state index contributed by atoms with van der Waals surface area (Å²) in [5.41, 5.74) is 5.36. The van der Waals surface area contributed by atoms with E-state index in [9.17, 15) is 0 Å². The standard InChI is InChI=1S/C24H20B.C6H16NO/c1-5-13-21(14-6-1)25(22-15-7-2-8-16-22,23-17-9-3-10-18-23)24-19-11-4-12-20-24;1-6(8)5-7(2,3)4/h1-20H;6,8H,5H2,1-4H3/q-1;+1/t;6-/m.0/s1. The lowest BCUT2D eigenvalue weighted by molar-refractivity contribution is -0.873. The minimum absolute atomic E-state index is 0.185. The molecule has 0 unspecified atom stereocenters. The molecule has 0 aliphatic rings. The number of hydrogen-bond acceptors (Lipinski definition) is 1. The number of rotatable bonds is 6. The Bertz CT molecular complexity index is 912. The maximum atomic E-state index is 8.87. The average Bonchev–Trinajstić information content (AvgIpc) is 2.81. The van der Waals surface area contributed by atoms with Gasteiger partial charge in [0.1, 0.15) is 18.8 Å². The van der Waals surface area contributed by atoms with Crippen LogP contribution < -0.4 is 21.9 Å². The van der Waals surface area contributed by atoms with Crippen molar-refractivity contribution >= 4 is 28.0 Å². The SMILES string of the molecule is C[C@H](O)C[N+](C)(C)C.c1ccc([B-](c2ccccc2)(c2ccccc2)c2ccccc2)cc1. The fourth-order valence-corrected chi connectivity index (χ4v) is 4.91. The summed E-state index contributed by atoms with van der Waals surface area (Å²) in [5, 5.41) is 8.87. The molecule has 1 N–H and O–H groups in total. The van der Waals surface area contributed by atoms with Gasteiger partial charge in [0, 0.05) is 0 Å². The lowest BCUT2D eigenvalue weighted by Gasteiger charge is -2.44. The van der Waals surface area contributed by atoms with E-state index in [1.165, 1.54) is 21.9 Å². The first-order valence-electron chi connectivity index (χ1n) is 11.7. The smallest absolute Gasteiger partial charge is 0.108 e. The first kappa shape index (κ1) is 24.5. The molecule has 4 aromatic rings. The Balaban J connectivity index is 0.000000331. The first-order chi connectivity index (χ1) is 15.8. The van der Waals surface area contributed by atoms with Gasteiger partial charge < -0.3 is 9.59 Å². The van der Waals surface area contributed by atoms with Crippen LogP contribution >= 0.6 is 0 Å². The highest BCUT2D eigenvalue weighted by atomic mass is 16.3. The van der Waals surface area contributed by atoms with Crippen LogP contribution in [-0.4, -0.2) is 49.5 Å². The van der Waals surface area contributed by atoms with Gasteiger partial charge in [-0.25, -0.2) is 0 Å². The zero-order valence-electron chi connectivity index (χ0n) is 20.3. The minimum atomic E-state index is -1.22. The van der Waals surface area contributed by atoms with Crippen molar-refractivity contribution in [1.29, 1.82) is 0 Å². The molecular formula is C30H36BNO. The molecule has 170 valence electrons. The third-order valence-electron chi connectivity index (χ3n) is 6.01. The van der Waals surface area contributed by atoms with Crippen LogP contribution in [0.5, 0.6) is 0 Å². The third-order valence-corrected chi connectivity index (χ3v) is 6.01. The Labute approximate surface area is 199 Å². The van der Waals surface area contributed by atoms with E-state index in [2.05, 4.69) is 142 Å². The zero-order valence-corrected chi connectivity index (χ0v) is 20.3. The van der Waals surface area contributed by atoms with Gasteiger partial charge in [-0.15, -0.1) is 0 Å². The molecule has 4 rings (SSSR count). The Morgan fingerprint density at radius 2 is 0.788 bits per heavy atom. The summed E-state index contributed by atoms with van der Waals surface area (Å²) >= 11 is 0. The minimum Gasteiger partial charge on any atom is -0.388 e. The van der Waals surface area contributed by atoms with Gasteiger partial charge in [-0.05, 0) is 6.92 Å². The van der Waals surface area contributed by atoms with Crippen molar-refractivity contribution in [3.63, 3.8) is 0 Å². The van der Waals surface area contributed by atoms with Gasteiger partial charge in [-0.3, -0.25) is 0 Å². The van der Waals surface area contributed by atoms with E-state index >= 15 is 0 Å². The lowest BCUT2D eigenvalue weighted by atomic mass is 9.13. The van der Waals surface area contributed by atoms with Crippen LogP contribution in [0, 0.1) is 0 Å². The Morgan fingerprint density at radius 1 is 0.545 bits per heavy atom. The number of benzene rings is 4. The summed E-state index contributed by atoms with van der Waals surface area (Å²) < 4.78 is 0.831. The van der Waals surface area contributed by atoms with Crippen LogP contribution in [0.3, 0.4) is 0 Å². The number of hydrogen-bond donors (Lipinski definition) is 1. The fraction of sp³-hybridized carbons (Fsp3) is 0.200. The van der Waals surface area contributed by atoms with Crippen LogP contribution in [0.1, 0.15) is 6.92 Å². The molecule has 1 atom stereocenters. The Morgan fingerprint density at radius 3 is 0.939 bits per heavy atom. The lowest BCUT2D eigenvalue weighted by Crippen LogP contribution is -2.74. The van der Waals surface area contributed by atoms with E-state index in [-0.39, 0.29) is 6.10 Å². The molecule has 0 aliphatic heterocycles. The summed E-state index contributed by atoms with van der Waals surface area (Å²) in [4.78, 5) is 0. The maximum absolute atomic E-state index is 8.87. The molecule has 0 saturated heterocycles. The summed E-state index contributed by atoms with van der Waals surface area (Å²) in [6.45, 7) is 2.63. The van der Waals surface area contributed by atoms with Crippen LogP contribution in [0.25, 0.3) is 0 Å². The van der Waals surface area contributed by atoms with Gasteiger partial charge in [0.05, 0.1) is 21.1 Å². The Hall–Kier alpha value is -3.14. The van der Waals surface area contributed by atoms with E-state index in [0.29, 0.717) is 0 Å². The van der Waals surface area contributed by atoms with E-state index in [0.717, 1.165) is 11.0 Å². The van der Waals surface area contributed by atoms with E-state index < -0.39 is 6.15 Å². The highest BCUT2D eigenvalue weighted by Crippen LogP contribution is 2.09. The fourth-order valence-electron chi connectivity index (χ4n) is 4.91. The van der Waals surface area contributed by atoms with Gasteiger partial charge in [-0.1, -0.05) is 121 Å². The summed E-state index contributed by atoms with van der Waals surface area (Å²) in [6, 6.07) is 43.5. The number of nitrogens with zero attached hydrogens (tertiary/aromatic N) is 1. The predicted molar refractivity (Wildman–Crippen MR) is 145 cm³/mol. The molecule has 0 aromatic heterocycles. The molecule has 0 fully saturated rings. The summed E-state index contributed by atoms with van der Waals surface area (Å²) in [7, 11) is 6.19. The van der Waals surface area contributed by atoms with Gasteiger partial charge in [-0.2, -0.15) is 21.9 Å². The molecule has 0 aliphatic carbocycles. The molecule has 3 heteroatoms. The van der Waals surface area contributed by atoms with Crippen molar-refractivity contribution in [1.82, 2.24) is 0 Å². The molecule has 0 radical (unpaired) electrons. The largest absolute Gasteiger partial charge is 0.388 e. The van der Waals surface area contributed by atoms with Crippen molar-refractivity contribution in [2.75, 3.05) is 27.7 Å². The average molecular weight is 437 g/mol. The number of likely N-dealkylation sites (N-methyl/N-ethyl adjacent to an activating group) is 1. The van der Waals surface area contributed by atoms with Gasteiger partial charge >= 0.3 is 0 Å². The third kappa shape index (κ3) is 6.22. The molecule has 2 nitrogen and oxygen atoms in total. The maximum Gasteiger partial charge on any atom is 0.108 e. The van der Waals surface area contributed by atoms with Gasteiger partial charge in [0.15, 0.2) is 0 Å². The normalized spacial score (nSPS) is 12.4. The van der Waals surface area contributed by atoms with E-state index in [1.54, 1.807) is 0 Å². The molecule has 0 saturated carbocycles. The van der Waals surface area contributed by atoms with E-state index in [4.69, 9.17) is 5.11 Å². The zero-order chi connectivity index (χ0) is 23.7. The van der Waals surface area contributed by atoms with Crippen LogP contribution in [0.15, 0.2) is 121 Å². The first-order valence-corrected chi connectivity index (χ1v) is 11.7. The molecule has 0 bridgehead atoms. The van der Waals surface area contributed by atoms with E-state index in [1.807, 2.05) is 6.92 Å². The quantitative estimate of drug-likeness (QED) is 0.363. The molecule has 4 aromatic carbocycles. The highest BCUT2D eigenvalue weighted by Gasteiger charge is 2.31. The topological polar surface area (TPSA) is 20.2 Å². The summed E-state index contributed by atoms with van der Waals surface area (Å²) in [6.07, 6.45) is -1.40.